The fourth-order valence-corrected chi connectivity index (χ4v) is 7.84. The molecule has 2 saturated heterocycles. The quantitative estimate of drug-likeness (QED) is 0.487. The van der Waals surface area contributed by atoms with Gasteiger partial charge < -0.3 is 20.4 Å². The summed E-state index contributed by atoms with van der Waals surface area (Å²) in [6, 6.07) is 14.4. The Morgan fingerprint density at radius 2 is 1.52 bits per heavy atom. The minimum atomic E-state index is 0.701. The van der Waals surface area contributed by atoms with Gasteiger partial charge in [-0.1, -0.05) is 55.7 Å². The topological polar surface area (TPSA) is 56.3 Å². The van der Waals surface area contributed by atoms with E-state index in [0.717, 1.165) is 70.4 Å². The van der Waals surface area contributed by atoms with Crippen LogP contribution in [0, 0.1) is 5.92 Å². The summed E-state index contributed by atoms with van der Waals surface area (Å²) >= 11 is 0. The van der Waals surface area contributed by atoms with E-state index >= 15 is 0 Å². The number of likely N-dealkylation sites (tertiary alicyclic amines) is 1. The molecule has 2 aromatic carbocycles. The van der Waals surface area contributed by atoms with Gasteiger partial charge in [-0.2, -0.15) is 0 Å². The highest BCUT2D eigenvalue weighted by Crippen LogP contribution is 2.31. The monoisotopic (exact) mass is 538 g/mol. The van der Waals surface area contributed by atoms with Gasteiger partial charge in [0.05, 0.1) is 5.69 Å². The third-order valence-electron chi connectivity index (χ3n) is 10.1. The predicted molar refractivity (Wildman–Crippen MR) is 164 cm³/mol. The van der Waals surface area contributed by atoms with Crippen LogP contribution in [0.15, 0.2) is 36.4 Å². The fourth-order valence-electron chi connectivity index (χ4n) is 7.84. The van der Waals surface area contributed by atoms with Crippen molar-refractivity contribution in [2.24, 2.45) is 5.92 Å². The van der Waals surface area contributed by atoms with Gasteiger partial charge in [0.1, 0.15) is 11.6 Å². The molecule has 0 unspecified atom stereocenters. The molecule has 0 radical (unpaired) electrons. The average molecular weight is 539 g/mol. The largest absolute Gasteiger partial charge is 0.354 e. The molecule has 4 heterocycles. The summed E-state index contributed by atoms with van der Waals surface area (Å²) in [5, 5.41) is 10.1. The first kappa shape index (κ1) is 26.4. The van der Waals surface area contributed by atoms with Gasteiger partial charge in [-0.25, -0.2) is 9.97 Å². The van der Waals surface area contributed by atoms with Crippen LogP contribution in [0.1, 0.15) is 73.2 Å². The Balaban J connectivity index is 1.15. The second-order valence-electron chi connectivity index (χ2n) is 12.6. The smallest absolute Gasteiger partial charge is 0.137 e. The molecule has 3 aromatic rings. The molecule has 4 aliphatic rings. The van der Waals surface area contributed by atoms with Crippen molar-refractivity contribution in [2.45, 2.75) is 83.3 Å². The number of hydrogen-bond donors (Lipinski definition) is 2. The summed E-state index contributed by atoms with van der Waals surface area (Å²) < 4.78 is 0. The highest BCUT2D eigenvalue weighted by molar-refractivity contribution is 5.89. The SMILES string of the molecule is c1cc2c3c(cccc3c1)CNCc1c(nc(CC3CCN(C4CCCCC4)CC3)nc1N1CCNCC1)CC2. The number of anilines is 1. The number of fused-ring (bicyclic) bond motifs is 1. The predicted octanol–water partition coefficient (Wildman–Crippen LogP) is 5.02. The summed E-state index contributed by atoms with van der Waals surface area (Å²) in [6.45, 7) is 8.31. The molecule has 1 aromatic heterocycles. The highest BCUT2D eigenvalue weighted by Gasteiger charge is 2.28. The lowest BCUT2D eigenvalue weighted by molar-refractivity contribution is 0.106. The van der Waals surface area contributed by atoms with Gasteiger partial charge >= 0.3 is 0 Å². The molecule has 2 N–H and O–H groups in total. The molecule has 6 heteroatoms. The minimum absolute atomic E-state index is 0.701. The first-order chi connectivity index (χ1) is 19.8. The zero-order chi connectivity index (χ0) is 26.7. The van der Waals surface area contributed by atoms with Crippen molar-refractivity contribution in [1.82, 2.24) is 25.5 Å². The molecular formula is C34H46N6. The van der Waals surface area contributed by atoms with E-state index in [2.05, 4.69) is 56.8 Å². The number of aryl methyl sites for hydroxylation is 2. The van der Waals surface area contributed by atoms with E-state index in [0.29, 0.717) is 5.92 Å². The third-order valence-corrected chi connectivity index (χ3v) is 10.1. The lowest BCUT2D eigenvalue weighted by atomic mass is 9.88. The van der Waals surface area contributed by atoms with E-state index in [4.69, 9.17) is 9.97 Å². The van der Waals surface area contributed by atoms with E-state index < -0.39 is 0 Å². The molecule has 6 nitrogen and oxygen atoms in total. The first-order valence-corrected chi connectivity index (χ1v) is 16.1. The van der Waals surface area contributed by atoms with E-state index in [1.807, 2.05) is 0 Å². The molecule has 3 fully saturated rings. The molecule has 40 heavy (non-hydrogen) atoms. The van der Waals surface area contributed by atoms with Gasteiger partial charge in [0.25, 0.3) is 0 Å². The van der Waals surface area contributed by atoms with Crippen LogP contribution in [0.2, 0.25) is 0 Å². The molecule has 0 amide bonds. The maximum atomic E-state index is 5.36. The number of aromatic nitrogens is 2. The maximum absolute atomic E-state index is 5.36. The van der Waals surface area contributed by atoms with Crippen LogP contribution in [0.5, 0.6) is 0 Å². The Morgan fingerprint density at radius 3 is 2.33 bits per heavy atom. The number of piperidine rings is 1. The average Bonchev–Trinajstić information content (AvgIpc) is 3.02. The van der Waals surface area contributed by atoms with Gasteiger partial charge in [-0.05, 0) is 79.4 Å². The van der Waals surface area contributed by atoms with Crippen molar-refractivity contribution in [1.29, 1.82) is 0 Å². The minimum Gasteiger partial charge on any atom is -0.354 e. The number of piperazine rings is 1. The second kappa shape index (κ2) is 12.1. The lowest BCUT2D eigenvalue weighted by Crippen LogP contribution is -2.45. The van der Waals surface area contributed by atoms with E-state index in [-0.39, 0.29) is 0 Å². The molecule has 1 saturated carbocycles. The maximum Gasteiger partial charge on any atom is 0.137 e. The van der Waals surface area contributed by atoms with E-state index in [1.165, 1.54) is 97.0 Å². The van der Waals surface area contributed by atoms with Crippen molar-refractivity contribution in [3.8, 4) is 0 Å². The summed E-state index contributed by atoms with van der Waals surface area (Å²) in [5.74, 6) is 2.98. The van der Waals surface area contributed by atoms with Gasteiger partial charge in [0.15, 0.2) is 0 Å². The van der Waals surface area contributed by atoms with Crippen molar-refractivity contribution in [3.63, 3.8) is 0 Å². The van der Waals surface area contributed by atoms with Gasteiger partial charge in [0.2, 0.25) is 0 Å². The lowest BCUT2D eigenvalue weighted by Gasteiger charge is -2.39. The number of benzene rings is 2. The third kappa shape index (κ3) is 5.63. The summed E-state index contributed by atoms with van der Waals surface area (Å²) in [7, 11) is 0. The van der Waals surface area contributed by atoms with Gasteiger partial charge in [-0.15, -0.1) is 0 Å². The van der Waals surface area contributed by atoms with Crippen LogP contribution in [-0.4, -0.2) is 60.2 Å². The standard InChI is InChI=1S/C34H46N6/c1-2-10-29(11-3-1)39-18-14-25(15-19-39)22-32-37-31-13-12-27-8-4-6-26-7-5-9-28(33(26)27)23-36-24-30(31)34(38-32)40-20-16-35-17-21-40/h4-9,25,29,35-36H,1-3,10-24H2. The van der Waals surface area contributed by atoms with Crippen LogP contribution in [0.25, 0.3) is 10.8 Å². The van der Waals surface area contributed by atoms with E-state index in [1.54, 1.807) is 0 Å². The van der Waals surface area contributed by atoms with Crippen LogP contribution in [0.3, 0.4) is 0 Å². The van der Waals surface area contributed by atoms with Crippen molar-refractivity contribution in [3.05, 3.63) is 64.6 Å². The Morgan fingerprint density at radius 1 is 0.750 bits per heavy atom. The molecular weight excluding hydrogens is 492 g/mol. The fraction of sp³-hybridized carbons (Fsp3) is 0.588. The first-order valence-electron chi connectivity index (χ1n) is 16.1. The van der Waals surface area contributed by atoms with Gasteiger partial charge in [-0.3, -0.25) is 0 Å². The molecule has 0 bridgehead atoms. The molecule has 212 valence electrons. The van der Waals surface area contributed by atoms with Crippen molar-refractivity contribution in [2.75, 3.05) is 44.2 Å². The zero-order valence-corrected chi connectivity index (χ0v) is 24.1. The number of nitrogens with zero attached hydrogens (tertiary/aromatic N) is 4. The summed E-state index contributed by atoms with van der Waals surface area (Å²) in [5.41, 5.74) is 5.44. The van der Waals surface area contributed by atoms with Crippen LogP contribution in [-0.2, 0) is 32.4 Å². The zero-order valence-electron chi connectivity index (χ0n) is 24.1. The molecule has 0 atom stereocenters. The molecule has 0 spiro atoms. The highest BCUT2D eigenvalue weighted by atomic mass is 15.2. The normalized spacial score (nSPS) is 21.9. The van der Waals surface area contributed by atoms with Gasteiger partial charge in [0, 0.05) is 57.3 Å². The molecule has 1 aliphatic carbocycles. The number of rotatable bonds is 4. The Kier molecular flexibility index (Phi) is 8.00. The van der Waals surface area contributed by atoms with Crippen LogP contribution >= 0.6 is 0 Å². The number of nitrogens with one attached hydrogen (secondary N) is 2. The van der Waals surface area contributed by atoms with Crippen LogP contribution in [0.4, 0.5) is 5.82 Å². The van der Waals surface area contributed by atoms with E-state index in [9.17, 15) is 0 Å². The number of hydrogen-bond acceptors (Lipinski definition) is 6. The van der Waals surface area contributed by atoms with Crippen molar-refractivity contribution >= 4 is 16.6 Å². The summed E-state index contributed by atoms with van der Waals surface area (Å²) in [6.07, 6.45) is 12.7. The second-order valence-corrected chi connectivity index (χ2v) is 12.6. The van der Waals surface area contributed by atoms with Crippen LogP contribution < -0.4 is 15.5 Å². The summed E-state index contributed by atoms with van der Waals surface area (Å²) in [4.78, 5) is 16.0. The Labute approximate surface area is 240 Å². The molecule has 7 rings (SSSR count). The Bertz CT molecular complexity index is 1300. The Hall–Kier alpha value is -2.54. The van der Waals surface area contributed by atoms with Crippen molar-refractivity contribution < 1.29 is 0 Å². The molecule has 3 aliphatic heterocycles.